The Balaban J connectivity index is 2.02. The summed E-state index contributed by atoms with van der Waals surface area (Å²) in [6.45, 7) is 6.65. The third kappa shape index (κ3) is 2.32. The SMILES string of the molecule is CC1CN(Cc2ncnn2C)CC(C)S1=O. The van der Waals surface area contributed by atoms with Crippen molar-refractivity contribution < 1.29 is 4.21 Å². The molecule has 0 aromatic carbocycles. The Morgan fingerprint density at radius 1 is 1.44 bits per heavy atom. The van der Waals surface area contributed by atoms with Gasteiger partial charge in [0.1, 0.15) is 12.2 Å². The summed E-state index contributed by atoms with van der Waals surface area (Å²) in [7, 11) is 1.21. The number of aromatic nitrogens is 3. The average Bonchev–Trinajstić information content (AvgIpc) is 2.61. The molecule has 90 valence electrons. The predicted octanol–water partition coefficient (Wildman–Crippen LogP) is 0.156. The lowest BCUT2D eigenvalue weighted by molar-refractivity contribution is 0.248. The van der Waals surface area contributed by atoms with Crippen LogP contribution in [0.3, 0.4) is 0 Å². The van der Waals surface area contributed by atoms with Gasteiger partial charge in [0, 0.05) is 41.4 Å². The van der Waals surface area contributed by atoms with Crippen LogP contribution < -0.4 is 0 Å². The van der Waals surface area contributed by atoms with Gasteiger partial charge in [0.25, 0.3) is 0 Å². The number of aryl methyl sites for hydroxylation is 1. The molecular weight excluding hydrogens is 224 g/mol. The van der Waals surface area contributed by atoms with Gasteiger partial charge in [-0.05, 0) is 13.8 Å². The van der Waals surface area contributed by atoms with Crippen molar-refractivity contribution in [3.05, 3.63) is 12.2 Å². The lowest BCUT2D eigenvalue weighted by Gasteiger charge is -2.33. The van der Waals surface area contributed by atoms with Crippen LogP contribution in [-0.4, -0.2) is 47.5 Å². The van der Waals surface area contributed by atoms with Crippen LogP contribution in [0.4, 0.5) is 0 Å². The lowest BCUT2D eigenvalue weighted by Crippen LogP contribution is -2.46. The molecule has 1 fully saturated rings. The van der Waals surface area contributed by atoms with E-state index in [1.54, 1.807) is 11.0 Å². The minimum absolute atomic E-state index is 0.247. The molecule has 2 heterocycles. The first kappa shape index (κ1) is 11.7. The zero-order chi connectivity index (χ0) is 11.7. The van der Waals surface area contributed by atoms with Crippen LogP contribution in [0.1, 0.15) is 19.7 Å². The van der Waals surface area contributed by atoms with E-state index in [-0.39, 0.29) is 10.5 Å². The van der Waals surface area contributed by atoms with Crippen molar-refractivity contribution in [3.8, 4) is 0 Å². The molecule has 0 spiro atoms. The van der Waals surface area contributed by atoms with Crippen LogP contribution in [0.5, 0.6) is 0 Å². The van der Waals surface area contributed by atoms with E-state index in [1.807, 2.05) is 7.05 Å². The molecule has 0 amide bonds. The minimum atomic E-state index is -0.689. The van der Waals surface area contributed by atoms with E-state index in [0.717, 1.165) is 25.5 Å². The summed E-state index contributed by atoms with van der Waals surface area (Å²) in [5.74, 6) is 0.965. The summed E-state index contributed by atoms with van der Waals surface area (Å²) in [4.78, 5) is 6.52. The molecule has 1 saturated heterocycles. The molecule has 0 N–H and O–H groups in total. The van der Waals surface area contributed by atoms with Crippen LogP contribution in [0.25, 0.3) is 0 Å². The second kappa shape index (κ2) is 4.63. The molecule has 0 saturated carbocycles. The third-order valence-corrected chi connectivity index (χ3v) is 4.88. The van der Waals surface area contributed by atoms with Gasteiger partial charge in [-0.15, -0.1) is 0 Å². The standard InChI is InChI=1S/C10H18N4OS/c1-8-4-14(5-9(2)16(8)15)6-10-11-7-12-13(10)3/h7-9H,4-6H2,1-3H3. The first-order valence-electron chi connectivity index (χ1n) is 5.52. The van der Waals surface area contributed by atoms with Crippen molar-refractivity contribution in [2.45, 2.75) is 30.9 Å². The first-order chi connectivity index (χ1) is 7.58. The van der Waals surface area contributed by atoms with Crippen molar-refractivity contribution >= 4 is 10.8 Å². The molecule has 0 aliphatic carbocycles. The molecule has 5 nitrogen and oxygen atoms in total. The predicted molar refractivity (Wildman–Crippen MR) is 63.3 cm³/mol. The highest BCUT2D eigenvalue weighted by molar-refractivity contribution is 7.86. The van der Waals surface area contributed by atoms with E-state index in [1.165, 1.54) is 0 Å². The topological polar surface area (TPSA) is 51.0 Å². The summed E-state index contributed by atoms with van der Waals surface area (Å²) >= 11 is 0. The summed E-state index contributed by atoms with van der Waals surface area (Å²) < 4.78 is 13.6. The molecule has 0 radical (unpaired) electrons. The fourth-order valence-electron chi connectivity index (χ4n) is 2.14. The van der Waals surface area contributed by atoms with Crippen molar-refractivity contribution in [2.75, 3.05) is 13.1 Å². The number of hydrogen-bond acceptors (Lipinski definition) is 4. The molecule has 2 unspecified atom stereocenters. The highest BCUT2D eigenvalue weighted by Gasteiger charge is 2.28. The molecule has 0 bridgehead atoms. The Hall–Kier alpha value is -0.750. The highest BCUT2D eigenvalue weighted by Crippen LogP contribution is 2.16. The molecule has 1 aromatic heterocycles. The van der Waals surface area contributed by atoms with Gasteiger partial charge >= 0.3 is 0 Å². The quantitative estimate of drug-likeness (QED) is 0.741. The van der Waals surface area contributed by atoms with Crippen molar-refractivity contribution in [2.24, 2.45) is 7.05 Å². The zero-order valence-electron chi connectivity index (χ0n) is 9.96. The lowest BCUT2D eigenvalue weighted by atomic mass is 10.3. The molecular formula is C10H18N4OS. The van der Waals surface area contributed by atoms with Crippen molar-refractivity contribution in [1.82, 2.24) is 19.7 Å². The summed E-state index contributed by atoms with van der Waals surface area (Å²) in [5, 5.41) is 4.55. The maximum absolute atomic E-state index is 11.8. The highest BCUT2D eigenvalue weighted by atomic mass is 32.2. The van der Waals surface area contributed by atoms with Gasteiger partial charge in [0.05, 0.1) is 6.54 Å². The molecule has 1 aliphatic rings. The monoisotopic (exact) mass is 242 g/mol. The summed E-state index contributed by atoms with van der Waals surface area (Å²) in [5.41, 5.74) is 0. The summed E-state index contributed by atoms with van der Waals surface area (Å²) in [6.07, 6.45) is 1.57. The third-order valence-electron chi connectivity index (χ3n) is 2.99. The minimum Gasteiger partial charge on any atom is -0.294 e. The van der Waals surface area contributed by atoms with Gasteiger partial charge in [0.2, 0.25) is 0 Å². The van der Waals surface area contributed by atoms with E-state index < -0.39 is 10.8 Å². The number of nitrogens with zero attached hydrogens (tertiary/aromatic N) is 4. The van der Waals surface area contributed by atoms with Crippen molar-refractivity contribution in [3.63, 3.8) is 0 Å². The van der Waals surface area contributed by atoms with Gasteiger partial charge in [-0.3, -0.25) is 13.8 Å². The van der Waals surface area contributed by atoms with E-state index >= 15 is 0 Å². The van der Waals surface area contributed by atoms with E-state index in [2.05, 4.69) is 28.8 Å². The maximum Gasteiger partial charge on any atom is 0.140 e. The smallest absolute Gasteiger partial charge is 0.140 e. The molecule has 16 heavy (non-hydrogen) atoms. The Bertz CT molecular complexity index is 378. The first-order valence-corrected chi connectivity index (χ1v) is 6.80. The molecule has 1 aliphatic heterocycles. The van der Waals surface area contributed by atoms with Crippen LogP contribution in [-0.2, 0) is 24.4 Å². The van der Waals surface area contributed by atoms with Crippen LogP contribution >= 0.6 is 0 Å². The Kier molecular flexibility index (Phi) is 3.39. The van der Waals surface area contributed by atoms with E-state index in [4.69, 9.17) is 0 Å². The normalized spacial score (nSPS) is 31.8. The van der Waals surface area contributed by atoms with Crippen LogP contribution in [0.2, 0.25) is 0 Å². The molecule has 2 rings (SSSR count). The van der Waals surface area contributed by atoms with Crippen LogP contribution in [0, 0.1) is 0 Å². The van der Waals surface area contributed by atoms with Gasteiger partial charge in [-0.2, -0.15) is 5.10 Å². The second-order valence-corrected chi connectivity index (χ2v) is 6.71. The molecule has 2 atom stereocenters. The molecule has 6 heteroatoms. The van der Waals surface area contributed by atoms with Gasteiger partial charge in [0.15, 0.2) is 0 Å². The van der Waals surface area contributed by atoms with E-state index in [0.29, 0.717) is 0 Å². The average molecular weight is 242 g/mol. The Morgan fingerprint density at radius 3 is 2.56 bits per heavy atom. The van der Waals surface area contributed by atoms with Gasteiger partial charge in [-0.25, -0.2) is 4.98 Å². The number of hydrogen-bond donors (Lipinski definition) is 0. The zero-order valence-corrected chi connectivity index (χ0v) is 10.8. The van der Waals surface area contributed by atoms with Crippen LogP contribution in [0.15, 0.2) is 6.33 Å². The maximum atomic E-state index is 11.8. The Morgan fingerprint density at radius 2 is 2.06 bits per heavy atom. The van der Waals surface area contributed by atoms with E-state index in [9.17, 15) is 4.21 Å². The van der Waals surface area contributed by atoms with Crippen molar-refractivity contribution in [1.29, 1.82) is 0 Å². The molecule has 1 aromatic rings. The number of rotatable bonds is 2. The fourth-order valence-corrected chi connectivity index (χ4v) is 3.65. The van der Waals surface area contributed by atoms with Gasteiger partial charge < -0.3 is 0 Å². The van der Waals surface area contributed by atoms with Gasteiger partial charge in [-0.1, -0.05) is 0 Å². The largest absolute Gasteiger partial charge is 0.294 e. The second-order valence-electron chi connectivity index (χ2n) is 4.44. The summed E-state index contributed by atoms with van der Waals surface area (Å²) in [6, 6.07) is 0. The fraction of sp³-hybridized carbons (Fsp3) is 0.800. The Labute approximate surface area is 98.3 Å².